The average molecular weight is 302 g/mol. The van der Waals surface area contributed by atoms with Gasteiger partial charge in [-0.2, -0.15) is 0 Å². The van der Waals surface area contributed by atoms with Crippen LogP contribution in [0.1, 0.15) is 19.8 Å². The molecule has 104 valence electrons. The number of rotatable bonds is 5. The Morgan fingerprint density at radius 2 is 2.21 bits per heavy atom. The largest absolute Gasteiger partial charge is 0.465 e. The molecule has 1 aromatic rings. The number of halogens is 1. The zero-order chi connectivity index (χ0) is 13.7. The Morgan fingerprint density at radius 3 is 2.89 bits per heavy atom. The number of thioether (sulfide) groups is 1. The van der Waals surface area contributed by atoms with Crippen molar-refractivity contribution in [3.05, 3.63) is 11.2 Å². The second kappa shape index (κ2) is 6.96. The van der Waals surface area contributed by atoms with Crippen LogP contribution >= 0.6 is 23.4 Å². The maximum absolute atomic E-state index is 11.3. The third kappa shape index (κ3) is 4.24. The second-order valence-electron chi connectivity index (χ2n) is 4.12. The maximum atomic E-state index is 11.3. The molecule has 0 saturated carbocycles. The number of hydrogen-bond acceptors (Lipinski definition) is 6. The summed E-state index contributed by atoms with van der Waals surface area (Å²) in [6.07, 6.45) is 2.35. The lowest BCUT2D eigenvalue weighted by Gasteiger charge is -2.16. The van der Waals surface area contributed by atoms with Gasteiger partial charge in [0.15, 0.2) is 5.16 Å². The van der Waals surface area contributed by atoms with E-state index in [1.165, 1.54) is 24.6 Å². The number of ether oxygens (including phenoxy) is 1. The quantitative estimate of drug-likeness (QED) is 0.360. The topological polar surface area (TPSA) is 55.3 Å². The van der Waals surface area contributed by atoms with E-state index >= 15 is 0 Å². The molecule has 5 nitrogen and oxygen atoms in total. The highest BCUT2D eigenvalue weighted by Gasteiger charge is 2.16. The van der Waals surface area contributed by atoms with E-state index in [4.69, 9.17) is 16.3 Å². The molecule has 0 N–H and O–H groups in total. The number of hydrogen-bond donors (Lipinski definition) is 0. The predicted octanol–water partition coefficient (Wildman–Crippen LogP) is 2.39. The summed E-state index contributed by atoms with van der Waals surface area (Å²) >= 11 is 7.25. The molecule has 1 aromatic heterocycles. The van der Waals surface area contributed by atoms with Crippen LogP contribution in [0.5, 0.6) is 0 Å². The molecule has 0 amide bonds. The number of carbonyl (C=O) groups excluding carboxylic acids is 1. The molecule has 0 unspecified atom stereocenters. The Bertz CT molecular complexity index is 453. The van der Waals surface area contributed by atoms with Crippen LogP contribution in [0.25, 0.3) is 0 Å². The van der Waals surface area contributed by atoms with E-state index in [0.717, 1.165) is 18.9 Å². The Labute approximate surface area is 121 Å². The summed E-state index contributed by atoms with van der Waals surface area (Å²) in [4.78, 5) is 22.0. The first-order valence-corrected chi connectivity index (χ1v) is 7.63. The van der Waals surface area contributed by atoms with Crippen molar-refractivity contribution in [1.29, 1.82) is 0 Å². The highest BCUT2D eigenvalue weighted by Crippen LogP contribution is 2.24. The molecule has 1 saturated heterocycles. The standard InChI is InChI=1S/C12H16ClN3O2S/c1-2-18-11(17)8-19-12-14-9(13)7-10(15-12)16-5-3-4-6-16/h7H,2-6,8H2,1H3. The third-order valence-electron chi connectivity index (χ3n) is 2.72. The van der Waals surface area contributed by atoms with E-state index in [2.05, 4.69) is 14.9 Å². The summed E-state index contributed by atoms with van der Waals surface area (Å²) in [5.41, 5.74) is 0. The number of aromatic nitrogens is 2. The number of esters is 1. The van der Waals surface area contributed by atoms with Gasteiger partial charge in [-0.1, -0.05) is 23.4 Å². The van der Waals surface area contributed by atoms with Crippen LogP contribution in [0.2, 0.25) is 5.15 Å². The molecule has 2 heterocycles. The van der Waals surface area contributed by atoms with Crippen LogP contribution in [0, 0.1) is 0 Å². The SMILES string of the molecule is CCOC(=O)CSc1nc(Cl)cc(N2CCCC2)n1. The van der Waals surface area contributed by atoms with Crippen molar-refractivity contribution < 1.29 is 9.53 Å². The van der Waals surface area contributed by atoms with E-state index in [-0.39, 0.29) is 11.7 Å². The summed E-state index contributed by atoms with van der Waals surface area (Å²) in [7, 11) is 0. The van der Waals surface area contributed by atoms with Crippen molar-refractivity contribution in [1.82, 2.24) is 9.97 Å². The second-order valence-corrected chi connectivity index (χ2v) is 5.45. The van der Waals surface area contributed by atoms with Crippen LogP contribution in [-0.4, -0.2) is 41.4 Å². The van der Waals surface area contributed by atoms with Crippen molar-refractivity contribution in [3.63, 3.8) is 0 Å². The molecule has 2 rings (SSSR count). The van der Waals surface area contributed by atoms with Crippen LogP contribution in [0.15, 0.2) is 11.2 Å². The molecular weight excluding hydrogens is 286 g/mol. The first kappa shape index (κ1) is 14.4. The normalized spacial score (nSPS) is 14.7. The number of carbonyl (C=O) groups is 1. The molecule has 0 bridgehead atoms. The maximum Gasteiger partial charge on any atom is 0.316 e. The zero-order valence-electron chi connectivity index (χ0n) is 10.8. The Balaban J connectivity index is 2.02. The molecule has 0 spiro atoms. The van der Waals surface area contributed by atoms with Gasteiger partial charge in [-0.15, -0.1) is 0 Å². The van der Waals surface area contributed by atoms with E-state index in [0.29, 0.717) is 16.9 Å². The summed E-state index contributed by atoms with van der Waals surface area (Å²) in [5.74, 6) is 0.774. The Morgan fingerprint density at radius 1 is 1.47 bits per heavy atom. The first-order valence-electron chi connectivity index (χ1n) is 6.27. The minimum absolute atomic E-state index is 0.202. The van der Waals surface area contributed by atoms with Crippen LogP contribution in [-0.2, 0) is 9.53 Å². The molecule has 1 aliphatic heterocycles. The van der Waals surface area contributed by atoms with Gasteiger partial charge in [-0.05, 0) is 19.8 Å². The summed E-state index contributed by atoms with van der Waals surface area (Å²) in [6, 6.07) is 1.77. The van der Waals surface area contributed by atoms with Gasteiger partial charge in [-0.3, -0.25) is 4.79 Å². The van der Waals surface area contributed by atoms with Crippen molar-refractivity contribution in [3.8, 4) is 0 Å². The third-order valence-corrected chi connectivity index (χ3v) is 3.73. The molecule has 0 aliphatic carbocycles. The van der Waals surface area contributed by atoms with E-state index in [1.807, 2.05) is 0 Å². The number of anilines is 1. The fourth-order valence-electron chi connectivity index (χ4n) is 1.88. The summed E-state index contributed by atoms with van der Waals surface area (Å²) in [6.45, 7) is 4.16. The van der Waals surface area contributed by atoms with Crippen molar-refractivity contribution in [2.24, 2.45) is 0 Å². The lowest BCUT2D eigenvalue weighted by molar-refractivity contribution is -0.139. The van der Waals surface area contributed by atoms with E-state index < -0.39 is 0 Å². The molecule has 7 heteroatoms. The van der Waals surface area contributed by atoms with Gasteiger partial charge in [0.25, 0.3) is 0 Å². The van der Waals surface area contributed by atoms with Gasteiger partial charge >= 0.3 is 5.97 Å². The molecule has 19 heavy (non-hydrogen) atoms. The minimum atomic E-state index is -0.265. The van der Waals surface area contributed by atoms with Gasteiger partial charge in [0.2, 0.25) is 0 Å². The minimum Gasteiger partial charge on any atom is -0.465 e. The van der Waals surface area contributed by atoms with E-state index in [9.17, 15) is 4.79 Å². The monoisotopic (exact) mass is 301 g/mol. The fourth-order valence-corrected chi connectivity index (χ4v) is 2.76. The van der Waals surface area contributed by atoms with Crippen molar-refractivity contribution in [2.75, 3.05) is 30.3 Å². The highest BCUT2D eigenvalue weighted by molar-refractivity contribution is 7.99. The van der Waals surface area contributed by atoms with Crippen molar-refractivity contribution >= 4 is 35.1 Å². The zero-order valence-corrected chi connectivity index (χ0v) is 12.3. The molecule has 0 aromatic carbocycles. The van der Waals surface area contributed by atoms with Crippen molar-refractivity contribution in [2.45, 2.75) is 24.9 Å². The Hall–Kier alpha value is -1.01. The van der Waals surface area contributed by atoms with Gasteiger partial charge in [0.1, 0.15) is 11.0 Å². The Kier molecular flexibility index (Phi) is 5.27. The van der Waals surface area contributed by atoms with Gasteiger partial charge in [0, 0.05) is 19.2 Å². The molecular formula is C12H16ClN3O2S. The molecule has 1 aliphatic rings. The van der Waals surface area contributed by atoms with Gasteiger partial charge in [0.05, 0.1) is 12.4 Å². The molecule has 1 fully saturated rings. The first-order chi connectivity index (χ1) is 9.19. The van der Waals surface area contributed by atoms with Crippen LogP contribution in [0.3, 0.4) is 0 Å². The van der Waals surface area contributed by atoms with Gasteiger partial charge < -0.3 is 9.64 Å². The van der Waals surface area contributed by atoms with E-state index in [1.54, 1.807) is 13.0 Å². The smallest absolute Gasteiger partial charge is 0.316 e. The van der Waals surface area contributed by atoms with Gasteiger partial charge in [-0.25, -0.2) is 9.97 Å². The summed E-state index contributed by atoms with van der Waals surface area (Å²) < 4.78 is 4.87. The van der Waals surface area contributed by atoms with Crippen LogP contribution in [0.4, 0.5) is 5.82 Å². The lowest BCUT2D eigenvalue weighted by atomic mass is 10.4. The molecule has 0 atom stereocenters. The molecule has 0 radical (unpaired) electrons. The average Bonchev–Trinajstić information content (AvgIpc) is 2.90. The summed E-state index contributed by atoms with van der Waals surface area (Å²) in [5, 5.41) is 0.922. The highest BCUT2D eigenvalue weighted by atomic mass is 35.5. The van der Waals surface area contributed by atoms with Crippen LogP contribution < -0.4 is 4.90 Å². The number of nitrogens with zero attached hydrogens (tertiary/aromatic N) is 3. The predicted molar refractivity (Wildman–Crippen MR) is 75.8 cm³/mol. The fraction of sp³-hybridized carbons (Fsp3) is 0.583. The lowest BCUT2D eigenvalue weighted by Crippen LogP contribution is -2.19.